The molecule has 32 heavy (non-hydrogen) atoms. The summed E-state index contributed by atoms with van der Waals surface area (Å²) in [5, 5.41) is 9.65. The number of aromatic nitrogens is 3. The Morgan fingerprint density at radius 1 is 1.06 bits per heavy atom. The van der Waals surface area contributed by atoms with Crippen LogP contribution in [-0.2, 0) is 4.79 Å². The number of ether oxygens (including phenoxy) is 1. The SMILES string of the molecule is COc1ccccc1-c1nnc(SCC(=O)N2CC(C)CC(C)C2)n1-c1ccc(C)cc1. The summed E-state index contributed by atoms with van der Waals surface area (Å²) in [4.78, 5) is 15.0. The third kappa shape index (κ3) is 4.83. The number of aryl methyl sites for hydroxylation is 1. The van der Waals surface area contributed by atoms with Crippen LogP contribution in [0, 0.1) is 18.8 Å². The van der Waals surface area contributed by atoms with Crippen LogP contribution in [0.2, 0.25) is 0 Å². The molecule has 2 aromatic carbocycles. The van der Waals surface area contributed by atoms with Crippen LogP contribution >= 0.6 is 11.8 Å². The van der Waals surface area contributed by atoms with Gasteiger partial charge in [0.2, 0.25) is 5.91 Å². The van der Waals surface area contributed by atoms with Crippen LogP contribution in [-0.4, -0.2) is 51.5 Å². The highest BCUT2D eigenvalue weighted by atomic mass is 32.2. The van der Waals surface area contributed by atoms with E-state index in [1.165, 1.54) is 23.7 Å². The summed E-state index contributed by atoms with van der Waals surface area (Å²) in [7, 11) is 1.65. The van der Waals surface area contributed by atoms with Crippen molar-refractivity contribution in [2.75, 3.05) is 26.0 Å². The van der Waals surface area contributed by atoms with Gasteiger partial charge >= 0.3 is 0 Å². The van der Waals surface area contributed by atoms with Crippen molar-refractivity contribution in [1.82, 2.24) is 19.7 Å². The van der Waals surface area contributed by atoms with Gasteiger partial charge in [-0.1, -0.05) is 55.4 Å². The van der Waals surface area contributed by atoms with Gasteiger partial charge in [-0.3, -0.25) is 9.36 Å². The van der Waals surface area contributed by atoms with Crippen molar-refractivity contribution in [2.24, 2.45) is 11.8 Å². The number of likely N-dealkylation sites (tertiary alicyclic amines) is 1. The molecule has 0 N–H and O–H groups in total. The molecule has 0 spiro atoms. The number of hydrogen-bond donors (Lipinski definition) is 0. The summed E-state index contributed by atoms with van der Waals surface area (Å²) in [6, 6.07) is 16.0. The van der Waals surface area contributed by atoms with Gasteiger partial charge in [0.15, 0.2) is 11.0 Å². The van der Waals surface area contributed by atoms with Gasteiger partial charge in [-0.25, -0.2) is 0 Å². The Morgan fingerprint density at radius 2 is 1.75 bits per heavy atom. The van der Waals surface area contributed by atoms with Crippen molar-refractivity contribution in [3.63, 3.8) is 0 Å². The highest BCUT2D eigenvalue weighted by Crippen LogP contribution is 2.33. The maximum atomic E-state index is 13.0. The number of thioether (sulfide) groups is 1. The zero-order valence-corrected chi connectivity index (χ0v) is 19.9. The van der Waals surface area contributed by atoms with Crippen LogP contribution < -0.4 is 4.74 Å². The molecule has 6 nitrogen and oxygen atoms in total. The first-order chi connectivity index (χ1) is 15.5. The molecule has 2 unspecified atom stereocenters. The zero-order valence-electron chi connectivity index (χ0n) is 19.1. The molecule has 168 valence electrons. The third-order valence-corrected chi connectivity index (χ3v) is 6.73. The molecule has 1 aliphatic rings. The molecule has 1 aromatic heterocycles. The van der Waals surface area contributed by atoms with Crippen LogP contribution in [0.15, 0.2) is 53.7 Å². The van der Waals surface area contributed by atoms with Gasteiger partial charge in [0.25, 0.3) is 0 Å². The molecule has 0 radical (unpaired) electrons. The zero-order chi connectivity index (χ0) is 22.7. The highest BCUT2D eigenvalue weighted by molar-refractivity contribution is 7.99. The average Bonchev–Trinajstić information content (AvgIpc) is 3.21. The van der Waals surface area contributed by atoms with Crippen LogP contribution in [0.4, 0.5) is 0 Å². The molecule has 0 saturated carbocycles. The highest BCUT2D eigenvalue weighted by Gasteiger charge is 2.26. The second-order valence-corrected chi connectivity index (χ2v) is 9.65. The first-order valence-corrected chi connectivity index (χ1v) is 12.0. The second-order valence-electron chi connectivity index (χ2n) is 8.71. The Bertz CT molecular complexity index is 1070. The van der Waals surface area contributed by atoms with Gasteiger partial charge in [-0.05, 0) is 49.4 Å². The van der Waals surface area contributed by atoms with Crippen LogP contribution in [0.5, 0.6) is 5.75 Å². The molecule has 1 aliphatic heterocycles. The first kappa shape index (κ1) is 22.4. The van der Waals surface area contributed by atoms with E-state index < -0.39 is 0 Å². The minimum atomic E-state index is 0.158. The summed E-state index contributed by atoms with van der Waals surface area (Å²) < 4.78 is 7.58. The number of benzene rings is 2. The fourth-order valence-corrected chi connectivity index (χ4v) is 5.23. The lowest BCUT2D eigenvalue weighted by Crippen LogP contribution is -2.43. The van der Waals surface area contributed by atoms with Crippen LogP contribution in [0.1, 0.15) is 25.8 Å². The smallest absolute Gasteiger partial charge is 0.233 e. The van der Waals surface area contributed by atoms with Crippen molar-refractivity contribution in [2.45, 2.75) is 32.3 Å². The quantitative estimate of drug-likeness (QED) is 0.503. The van der Waals surface area contributed by atoms with Crippen molar-refractivity contribution in [1.29, 1.82) is 0 Å². The number of nitrogens with zero attached hydrogens (tertiary/aromatic N) is 4. The number of carbonyl (C=O) groups is 1. The molecule has 3 aromatic rings. The molecular weight excluding hydrogens is 420 g/mol. The number of hydrogen-bond acceptors (Lipinski definition) is 5. The molecule has 1 amide bonds. The molecule has 1 saturated heterocycles. The Kier molecular flexibility index (Phi) is 6.84. The number of carbonyl (C=O) groups excluding carboxylic acids is 1. The minimum absolute atomic E-state index is 0.158. The van der Waals surface area contributed by atoms with E-state index in [1.807, 2.05) is 33.7 Å². The van der Waals surface area contributed by atoms with Gasteiger partial charge in [-0.15, -0.1) is 10.2 Å². The minimum Gasteiger partial charge on any atom is -0.496 e. The Hall–Kier alpha value is -2.80. The van der Waals surface area contributed by atoms with Gasteiger partial charge < -0.3 is 9.64 Å². The molecule has 2 heterocycles. The van der Waals surface area contributed by atoms with Gasteiger partial charge in [-0.2, -0.15) is 0 Å². The predicted octanol–water partition coefficient (Wildman–Crippen LogP) is 4.85. The number of methoxy groups -OCH3 is 1. The third-order valence-electron chi connectivity index (χ3n) is 5.82. The van der Waals surface area contributed by atoms with E-state index >= 15 is 0 Å². The monoisotopic (exact) mass is 450 g/mol. The number of piperidine rings is 1. The fraction of sp³-hybridized carbons (Fsp3) is 0.400. The van der Waals surface area contributed by atoms with Crippen molar-refractivity contribution < 1.29 is 9.53 Å². The Morgan fingerprint density at radius 3 is 2.44 bits per heavy atom. The molecule has 0 bridgehead atoms. The van der Waals surface area contributed by atoms with Gasteiger partial charge in [0.05, 0.1) is 18.4 Å². The van der Waals surface area contributed by atoms with Gasteiger partial charge in [0, 0.05) is 18.8 Å². The average molecular weight is 451 g/mol. The van der Waals surface area contributed by atoms with Crippen LogP contribution in [0.3, 0.4) is 0 Å². The number of para-hydroxylation sites is 1. The normalized spacial score (nSPS) is 18.6. The molecule has 0 aliphatic carbocycles. The summed E-state index contributed by atoms with van der Waals surface area (Å²) in [5.74, 6) is 3.02. The van der Waals surface area contributed by atoms with E-state index in [9.17, 15) is 4.79 Å². The van der Waals surface area contributed by atoms with E-state index in [-0.39, 0.29) is 5.91 Å². The number of amides is 1. The second kappa shape index (κ2) is 9.77. The maximum Gasteiger partial charge on any atom is 0.233 e. The molecule has 4 rings (SSSR count). The summed E-state index contributed by atoms with van der Waals surface area (Å²) in [5.41, 5.74) is 3.00. The summed E-state index contributed by atoms with van der Waals surface area (Å²) >= 11 is 1.44. The Balaban J connectivity index is 1.64. The van der Waals surface area contributed by atoms with Crippen LogP contribution in [0.25, 0.3) is 17.1 Å². The van der Waals surface area contributed by atoms with Crippen molar-refractivity contribution >= 4 is 17.7 Å². The maximum absolute atomic E-state index is 13.0. The fourth-order valence-electron chi connectivity index (χ4n) is 4.38. The standard InChI is InChI=1S/C25H30N4O2S/c1-17-9-11-20(12-10-17)29-24(21-7-5-6-8-22(21)31-4)26-27-25(29)32-16-23(30)28-14-18(2)13-19(3)15-28/h5-12,18-19H,13-16H2,1-4H3. The van der Waals surface area contributed by atoms with E-state index in [2.05, 4.69) is 55.2 Å². The lowest BCUT2D eigenvalue weighted by molar-refractivity contribution is -0.130. The van der Waals surface area contributed by atoms with Crippen molar-refractivity contribution in [3.05, 3.63) is 54.1 Å². The van der Waals surface area contributed by atoms with E-state index in [0.29, 0.717) is 28.6 Å². The first-order valence-electron chi connectivity index (χ1n) is 11.0. The lowest BCUT2D eigenvalue weighted by atomic mass is 9.92. The summed E-state index contributed by atoms with van der Waals surface area (Å²) in [6.07, 6.45) is 1.18. The largest absolute Gasteiger partial charge is 0.496 e. The molecule has 7 heteroatoms. The van der Waals surface area contributed by atoms with E-state index in [1.54, 1.807) is 7.11 Å². The summed E-state index contributed by atoms with van der Waals surface area (Å²) in [6.45, 7) is 8.17. The number of rotatable bonds is 6. The molecule has 2 atom stereocenters. The molecular formula is C25H30N4O2S. The molecule has 1 fully saturated rings. The topological polar surface area (TPSA) is 60.3 Å². The Labute approximate surface area is 194 Å². The van der Waals surface area contributed by atoms with Gasteiger partial charge in [0.1, 0.15) is 5.75 Å². The predicted molar refractivity (Wildman–Crippen MR) is 128 cm³/mol. The van der Waals surface area contributed by atoms with Crippen molar-refractivity contribution in [3.8, 4) is 22.8 Å². The van der Waals surface area contributed by atoms with E-state index in [0.717, 1.165) is 30.1 Å². The lowest BCUT2D eigenvalue weighted by Gasteiger charge is -2.34. The van der Waals surface area contributed by atoms with E-state index in [4.69, 9.17) is 4.74 Å².